The Hall–Kier alpha value is -2.24. The molecule has 0 aliphatic rings. The van der Waals surface area contributed by atoms with Crippen LogP contribution >= 0.6 is 0 Å². The first kappa shape index (κ1) is 13.7. The Kier molecular flexibility index (Phi) is 2.86. The Balaban J connectivity index is 2.18. The zero-order chi connectivity index (χ0) is 15.4. The van der Waals surface area contributed by atoms with Crippen LogP contribution in [0.2, 0.25) is 0 Å². The van der Waals surface area contributed by atoms with Gasteiger partial charge in [-0.3, -0.25) is 0 Å². The fourth-order valence-corrected chi connectivity index (χ4v) is 2.45. The Morgan fingerprint density at radius 3 is 2.38 bits per heavy atom. The third kappa shape index (κ3) is 2.20. The van der Waals surface area contributed by atoms with E-state index in [-0.39, 0.29) is 0 Å². The van der Waals surface area contributed by atoms with Crippen LogP contribution in [-0.2, 0) is 6.18 Å². The largest absolute Gasteiger partial charge is 0.466 e. The number of aromatic nitrogens is 2. The average molecular weight is 294 g/mol. The summed E-state index contributed by atoms with van der Waals surface area (Å²) in [7, 11) is 0. The third-order valence-corrected chi connectivity index (χ3v) is 3.61. The number of H-pyrrole nitrogens is 1. The SMILES string of the molecule is Cc1oc(C)c(-c2nc3ccc(C(F)(F)F)cc3[nH]2)c1C. The fraction of sp³-hybridized carbons (Fsp3) is 0.267. The number of furan rings is 1. The van der Waals surface area contributed by atoms with Crippen LogP contribution in [0.3, 0.4) is 0 Å². The summed E-state index contributed by atoms with van der Waals surface area (Å²) >= 11 is 0. The van der Waals surface area contributed by atoms with Crippen molar-refractivity contribution in [1.29, 1.82) is 0 Å². The second-order valence-electron chi connectivity index (χ2n) is 5.03. The lowest BCUT2D eigenvalue weighted by Gasteiger charge is -2.05. The normalized spacial score (nSPS) is 12.3. The number of aryl methyl sites for hydroxylation is 2. The van der Waals surface area contributed by atoms with Gasteiger partial charge in [0.15, 0.2) is 0 Å². The molecule has 1 N–H and O–H groups in total. The van der Waals surface area contributed by atoms with E-state index in [0.29, 0.717) is 22.6 Å². The van der Waals surface area contributed by atoms with Crippen molar-refractivity contribution in [2.45, 2.75) is 26.9 Å². The summed E-state index contributed by atoms with van der Waals surface area (Å²) in [5.41, 5.74) is 1.90. The lowest BCUT2D eigenvalue weighted by atomic mass is 10.1. The van der Waals surface area contributed by atoms with Gasteiger partial charge < -0.3 is 9.40 Å². The van der Waals surface area contributed by atoms with Gasteiger partial charge in [-0.1, -0.05) is 0 Å². The molecule has 110 valence electrons. The summed E-state index contributed by atoms with van der Waals surface area (Å²) in [5.74, 6) is 2.00. The van der Waals surface area contributed by atoms with E-state index in [9.17, 15) is 13.2 Å². The van der Waals surface area contributed by atoms with Crippen LogP contribution in [0.1, 0.15) is 22.6 Å². The summed E-state index contributed by atoms with van der Waals surface area (Å²) in [6.07, 6.45) is -4.36. The molecule has 0 radical (unpaired) electrons. The predicted molar refractivity (Wildman–Crippen MR) is 73.0 cm³/mol. The van der Waals surface area contributed by atoms with Gasteiger partial charge in [-0.2, -0.15) is 13.2 Å². The molecule has 3 aromatic rings. The number of halogens is 3. The molecular weight excluding hydrogens is 281 g/mol. The molecule has 0 saturated carbocycles. The molecule has 0 atom stereocenters. The van der Waals surface area contributed by atoms with Crippen molar-refractivity contribution in [3.8, 4) is 11.4 Å². The number of alkyl halides is 3. The van der Waals surface area contributed by atoms with E-state index in [4.69, 9.17) is 4.42 Å². The summed E-state index contributed by atoms with van der Waals surface area (Å²) in [6.45, 7) is 5.55. The van der Waals surface area contributed by atoms with Crippen molar-refractivity contribution in [3.05, 3.63) is 40.8 Å². The van der Waals surface area contributed by atoms with Crippen molar-refractivity contribution in [2.24, 2.45) is 0 Å². The van der Waals surface area contributed by atoms with Gasteiger partial charge in [0.2, 0.25) is 0 Å². The number of nitrogens with zero attached hydrogens (tertiary/aromatic N) is 1. The van der Waals surface area contributed by atoms with Crippen LogP contribution < -0.4 is 0 Å². The number of rotatable bonds is 1. The van der Waals surface area contributed by atoms with Gasteiger partial charge in [-0.15, -0.1) is 0 Å². The van der Waals surface area contributed by atoms with Crippen molar-refractivity contribution in [3.63, 3.8) is 0 Å². The number of hydrogen-bond acceptors (Lipinski definition) is 2. The first-order valence-corrected chi connectivity index (χ1v) is 6.41. The smallest absolute Gasteiger partial charge is 0.416 e. The molecule has 21 heavy (non-hydrogen) atoms. The maximum atomic E-state index is 12.7. The molecule has 0 unspecified atom stereocenters. The Morgan fingerprint density at radius 1 is 1.10 bits per heavy atom. The van der Waals surface area contributed by atoms with E-state index in [2.05, 4.69) is 9.97 Å². The molecule has 0 bridgehead atoms. The Bertz CT molecular complexity index is 827. The summed E-state index contributed by atoms with van der Waals surface area (Å²) in [5, 5.41) is 0. The molecule has 0 amide bonds. The van der Waals surface area contributed by atoms with Crippen LogP contribution in [-0.4, -0.2) is 9.97 Å². The van der Waals surface area contributed by atoms with Gasteiger partial charge in [0.25, 0.3) is 0 Å². The number of fused-ring (bicyclic) bond motifs is 1. The van der Waals surface area contributed by atoms with Gasteiger partial charge in [0.05, 0.1) is 22.2 Å². The zero-order valence-corrected chi connectivity index (χ0v) is 11.7. The van der Waals surface area contributed by atoms with Gasteiger partial charge in [0, 0.05) is 5.56 Å². The Labute approximate surface area is 118 Å². The molecule has 0 aliphatic carbocycles. The zero-order valence-electron chi connectivity index (χ0n) is 11.7. The topological polar surface area (TPSA) is 41.8 Å². The summed E-state index contributed by atoms with van der Waals surface area (Å²) < 4.78 is 43.7. The van der Waals surface area contributed by atoms with Crippen molar-refractivity contribution >= 4 is 11.0 Å². The van der Waals surface area contributed by atoms with E-state index in [1.54, 1.807) is 0 Å². The van der Waals surface area contributed by atoms with Crippen molar-refractivity contribution < 1.29 is 17.6 Å². The summed E-state index contributed by atoms with van der Waals surface area (Å²) in [6, 6.07) is 3.48. The maximum absolute atomic E-state index is 12.7. The summed E-state index contributed by atoms with van der Waals surface area (Å²) in [4.78, 5) is 7.31. The second kappa shape index (κ2) is 4.38. The number of aromatic amines is 1. The average Bonchev–Trinajstić information content (AvgIpc) is 2.89. The van der Waals surface area contributed by atoms with Crippen molar-refractivity contribution in [1.82, 2.24) is 9.97 Å². The van der Waals surface area contributed by atoms with Crippen LogP contribution in [0.5, 0.6) is 0 Å². The first-order chi connectivity index (χ1) is 9.77. The quantitative estimate of drug-likeness (QED) is 0.702. The first-order valence-electron chi connectivity index (χ1n) is 6.41. The highest BCUT2D eigenvalue weighted by Crippen LogP contribution is 2.34. The number of imidazole rings is 1. The molecule has 3 rings (SSSR count). The highest BCUT2D eigenvalue weighted by Gasteiger charge is 2.30. The standard InChI is InChI=1S/C15H13F3N2O/c1-7-8(2)21-9(3)13(7)14-19-11-5-4-10(15(16,17)18)6-12(11)20-14/h4-6H,1-3H3,(H,19,20). The number of benzene rings is 1. The number of hydrogen-bond donors (Lipinski definition) is 1. The van der Waals surface area contributed by atoms with E-state index in [1.807, 2.05) is 20.8 Å². The van der Waals surface area contributed by atoms with Crippen molar-refractivity contribution in [2.75, 3.05) is 0 Å². The molecule has 1 aromatic carbocycles. The molecular formula is C15H13F3N2O. The van der Waals surface area contributed by atoms with Crippen LogP contribution in [0.4, 0.5) is 13.2 Å². The molecule has 0 aliphatic heterocycles. The van der Waals surface area contributed by atoms with E-state index in [1.165, 1.54) is 6.07 Å². The third-order valence-electron chi connectivity index (χ3n) is 3.61. The number of nitrogens with one attached hydrogen (secondary N) is 1. The molecule has 2 aromatic heterocycles. The lowest BCUT2D eigenvalue weighted by molar-refractivity contribution is -0.137. The van der Waals surface area contributed by atoms with E-state index in [0.717, 1.165) is 29.0 Å². The van der Waals surface area contributed by atoms with Gasteiger partial charge in [0.1, 0.15) is 17.3 Å². The molecule has 2 heterocycles. The fourth-order valence-electron chi connectivity index (χ4n) is 2.45. The highest BCUT2D eigenvalue weighted by molar-refractivity contribution is 5.81. The monoisotopic (exact) mass is 294 g/mol. The van der Waals surface area contributed by atoms with Gasteiger partial charge in [-0.25, -0.2) is 4.98 Å². The molecule has 0 fully saturated rings. The molecule has 0 saturated heterocycles. The minimum absolute atomic E-state index is 0.359. The van der Waals surface area contributed by atoms with Gasteiger partial charge >= 0.3 is 6.18 Å². The minimum Gasteiger partial charge on any atom is -0.466 e. The highest BCUT2D eigenvalue weighted by atomic mass is 19.4. The maximum Gasteiger partial charge on any atom is 0.416 e. The Morgan fingerprint density at radius 2 is 1.81 bits per heavy atom. The van der Waals surface area contributed by atoms with E-state index >= 15 is 0 Å². The van der Waals surface area contributed by atoms with Crippen LogP contribution in [0.15, 0.2) is 22.6 Å². The molecule has 6 heteroatoms. The van der Waals surface area contributed by atoms with Crippen LogP contribution in [0.25, 0.3) is 22.4 Å². The minimum atomic E-state index is -4.36. The van der Waals surface area contributed by atoms with Crippen LogP contribution in [0, 0.1) is 20.8 Å². The van der Waals surface area contributed by atoms with Gasteiger partial charge in [-0.05, 0) is 39.0 Å². The lowest BCUT2D eigenvalue weighted by Crippen LogP contribution is -2.04. The second-order valence-corrected chi connectivity index (χ2v) is 5.03. The predicted octanol–water partition coefficient (Wildman–Crippen LogP) is 4.77. The van der Waals surface area contributed by atoms with E-state index < -0.39 is 11.7 Å². The molecule has 3 nitrogen and oxygen atoms in total. The molecule has 0 spiro atoms.